The van der Waals surface area contributed by atoms with Gasteiger partial charge >= 0.3 is 0 Å². The Kier molecular flexibility index (Phi) is 3.75. The highest BCUT2D eigenvalue weighted by Gasteiger charge is 2.28. The molecule has 98 valence electrons. The lowest BCUT2D eigenvalue weighted by atomic mass is 9.86. The zero-order valence-electron chi connectivity index (χ0n) is 11.1. The summed E-state index contributed by atoms with van der Waals surface area (Å²) in [6, 6.07) is 3.63. The molecule has 1 aromatic carbocycles. The number of methoxy groups -OCH3 is 2. The third-order valence-electron chi connectivity index (χ3n) is 3.37. The van der Waals surface area contributed by atoms with Gasteiger partial charge in [-0.3, -0.25) is 4.79 Å². The average Bonchev–Trinajstić information content (AvgIpc) is 2.41. The molecule has 0 aliphatic carbocycles. The molecule has 4 nitrogen and oxygen atoms in total. The molecule has 0 fully saturated rings. The van der Waals surface area contributed by atoms with E-state index in [1.807, 2.05) is 6.07 Å². The molecule has 1 atom stereocenters. The smallest absolute Gasteiger partial charge is 0.251 e. The zero-order chi connectivity index (χ0) is 13.1. The van der Waals surface area contributed by atoms with Gasteiger partial charge in [-0.05, 0) is 12.5 Å². The van der Waals surface area contributed by atoms with Crippen molar-refractivity contribution in [3.8, 4) is 11.5 Å². The van der Waals surface area contributed by atoms with Crippen LogP contribution in [0.4, 0.5) is 0 Å². The quantitative estimate of drug-likeness (QED) is 0.891. The van der Waals surface area contributed by atoms with Crippen molar-refractivity contribution in [2.24, 2.45) is 0 Å². The van der Waals surface area contributed by atoms with Crippen LogP contribution < -0.4 is 14.8 Å². The normalized spacial score (nSPS) is 17.9. The third-order valence-corrected chi connectivity index (χ3v) is 3.37. The summed E-state index contributed by atoms with van der Waals surface area (Å²) >= 11 is 0. The van der Waals surface area contributed by atoms with Crippen LogP contribution in [-0.4, -0.2) is 26.7 Å². The SMILES string of the molecule is CCCC1CNC(=O)c2cc(OC)cc(OC)c21. The Morgan fingerprint density at radius 3 is 2.72 bits per heavy atom. The first kappa shape index (κ1) is 12.7. The number of benzene rings is 1. The van der Waals surface area contributed by atoms with E-state index in [0.717, 1.165) is 24.2 Å². The number of fused-ring (bicyclic) bond motifs is 1. The molecule has 1 N–H and O–H groups in total. The van der Waals surface area contributed by atoms with Crippen LogP contribution in [0.15, 0.2) is 12.1 Å². The summed E-state index contributed by atoms with van der Waals surface area (Å²) in [7, 11) is 3.22. The van der Waals surface area contributed by atoms with E-state index in [1.54, 1.807) is 20.3 Å². The summed E-state index contributed by atoms with van der Waals surface area (Å²) in [6.07, 6.45) is 2.12. The Bertz CT molecular complexity index is 457. The van der Waals surface area contributed by atoms with Crippen LogP contribution in [0.5, 0.6) is 11.5 Å². The van der Waals surface area contributed by atoms with E-state index in [2.05, 4.69) is 12.2 Å². The molecule has 1 unspecified atom stereocenters. The van der Waals surface area contributed by atoms with Gasteiger partial charge in [0.1, 0.15) is 11.5 Å². The summed E-state index contributed by atoms with van der Waals surface area (Å²) in [5.74, 6) is 1.67. The third kappa shape index (κ3) is 2.15. The molecule has 1 aliphatic heterocycles. The van der Waals surface area contributed by atoms with Crippen molar-refractivity contribution >= 4 is 5.91 Å². The predicted octanol–water partition coefficient (Wildman–Crippen LogP) is 2.33. The number of ether oxygens (including phenoxy) is 2. The summed E-state index contributed by atoms with van der Waals surface area (Å²) in [6.45, 7) is 2.83. The molecule has 0 saturated heterocycles. The fourth-order valence-electron chi connectivity index (χ4n) is 2.51. The monoisotopic (exact) mass is 249 g/mol. The molecular weight excluding hydrogens is 230 g/mol. The van der Waals surface area contributed by atoms with Crippen molar-refractivity contribution < 1.29 is 14.3 Å². The van der Waals surface area contributed by atoms with Gasteiger partial charge in [-0.2, -0.15) is 0 Å². The van der Waals surface area contributed by atoms with Crippen molar-refractivity contribution in [1.29, 1.82) is 0 Å². The van der Waals surface area contributed by atoms with Gasteiger partial charge in [-0.1, -0.05) is 13.3 Å². The van der Waals surface area contributed by atoms with Crippen LogP contribution >= 0.6 is 0 Å². The lowest BCUT2D eigenvalue weighted by Crippen LogP contribution is -2.35. The number of amides is 1. The number of carbonyl (C=O) groups is 1. The van der Waals surface area contributed by atoms with Crippen molar-refractivity contribution in [2.45, 2.75) is 25.7 Å². The molecule has 0 bridgehead atoms. The first-order chi connectivity index (χ1) is 8.71. The molecule has 0 aromatic heterocycles. The van der Waals surface area contributed by atoms with Gasteiger partial charge < -0.3 is 14.8 Å². The largest absolute Gasteiger partial charge is 0.497 e. The second kappa shape index (κ2) is 5.29. The molecule has 1 heterocycles. The molecular formula is C14H19NO3. The van der Waals surface area contributed by atoms with E-state index < -0.39 is 0 Å². The number of carbonyl (C=O) groups excluding carboxylic acids is 1. The fraction of sp³-hybridized carbons (Fsp3) is 0.500. The minimum atomic E-state index is -0.0467. The van der Waals surface area contributed by atoms with E-state index in [1.165, 1.54) is 0 Å². The van der Waals surface area contributed by atoms with Crippen LogP contribution in [0.2, 0.25) is 0 Å². The first-order valence-electron chi connectivity index (χ1n) is 6.25. The number of rotatable bonds is 4. The molecule has 1 aliphatic rings. The maximum absolute atomic E-state index is 11.9. The maximum atomic E-state index is 11.9. The van der Waals surface area contributed by atoms with E-state index in [0.29, 0.717) is 23.8 Å². The van der Waals surface area contributed by atoms with Crippen LogP contribution in [0.1, 0.15) is 41.6 Å². The Balaban J connectivity index is 2.54. The highest BCUT2D eigenvalue weighted by atomic mass is 16.5. The average molecular weight is 249 g/mol. The maximum Gasteiger partial charge on any atom is 0.251 e. The Hall–Kier alpha value is -1.71. The van der Waals surface area contributed by atoms with Crippen molar-refractivity contribution in [2.75, 3.05) is 20.8 Å². The fourth-order valence-corrected chi connectivity index (χ4v) is 2.51. The van der Waals surface area contributed by atoms with Gasteiger partial charge in [0.2, 0.25) is 0 Å². The molecule has 0 saturated carbocycles. The second-order valence-corrected chi connectivity index (χ2v) is 4.49. The molecule has 18 heavy (non-hydrogen) atoms. The number of nitrogens with one attached hydrogen (secondary N) is 1. The molecule has 1 amide bonds. The van der Waals surface area contributed by atoms with Crippen molar-refractivity contribution in [1.82, 2.24) is 5.32 Å². The lowest BCUT2D eigenvalue weighted by molar-refractivity contribution is 0.0937. The van der Waals surface area contributed by atoms with E-state index in [4.69, 9.17) is 9.47 Å². The van der Waals surface area contributed by atoms with Crippen molar-refractivity contribution in [3.05, 3.63) is 23.3 Å². The van der Waals surface area contributed by atoms with Crippen LogP contribution in [0, 0.1) is 0 Å². The first-order valence-corrected chi connectivity index (χ1v) is 6.25. The minimum absolute atomic E-state index is 0.0467. The highest BCUT2D eigenvalue weighted by molar-refractivity contribution is 5.98. The molecule has 1 aromatic rings. The minimum Gasteiger partial charge on any atom is -0.497 e. The number of hydrogen-bond donors (Lipinski definition) is 1. The van der Waals surface area contributed by atoms with E-state index in [-0.39, 0.29) is 5.91 Å². The topological polar surface area (TPSA) is 47.6 Å². The molecule has 0 spiro atoms. The van der Waals surface area contributed by atoms with E-state index in [9.17, 15) is 4.79 Å². The van der Waals surface area contributed by atoms with Gasteiger partial charge in [-0.15, -0.1) is 0 Å². The predicted molar refractivity (Wildman–Crippen MR) is 69.5 cm³/mol. The van der Waals surface area contributed by atoms with Crippen molar-refractivity contribution in [3.63, 3.8) is 0 Å². The molecule has 4 heteroatoms. The van der Waals surface area contributed by atoms with Gasteiger partial charge in [-0.25, -0.2) is 0 Å². The summed E-state index contributed by atoms with van der Waals surface area (Å²) in [4.78, 5) is 11.9. The van der Waals surface area contributed by atoms with Crippen LogP contribution in [-0.2, 0) is 0 Å². The Labute approximate surface area is 107 Å². The van der Waals surface area contributed by atoms with Gasteiger partial charge in [0, 0.05) is 24.1 Å². The van der Waals surface area contributed by atoms with Gasteiger partial charge in [0.25, 0.3) is 5.91 Å². The zero-order valence-corrected chi connectivity index (χ0v) is 11.1. The summed E-state index contributed by atoms with van der Waals surface area (Å²) in [5.41, 5.74) is 1.69. The molecule has 2 rings (SSSR count). The van der Waals surface area contributed by atoms with Gasteiger partial charge in [0.05, 0.1) is 19.8 Å². The summed E-state index contributed by atoms with van der Waals surface area (Å²) < 4.78 is 10.6. The lowest BCUT2D eigenvalue weighted by Gasteiger charge is -2.27. The highest BCUT2D eigenvalue weighted by Crippen LogP contribution is 2.38. The standard InChI is InChI=1S/C14H19NO3/c1-4-5-9-8-15-14(16)11-6-10(17-2)7-12(18-3)13(9)11/h6-7,9H,4-5,8H2,1-3H3,(H,15,16). The second-order valence-electron chi connectivity index (χ2n) is 4.49. The Morgan fingerprint density at radius 2 is 2.11 bits per heavy atom. The van der Waals surface area contributed by atoms with Gasteiger partial charge in [0.15, 0.2) is 0 Å². The Morgan fingerprint density at radius 1 is 1.33 bits per heavy atom. The summed E-state index contributed by atoms with van der Waals surface area (Å²) in [5, 5.41) is 2.93. The molecule has 0 radical (unpaired) electrons. The van der Waals surface area contributed by atoms with E-state index >= 15 is 0 Å². The number of hydrogen-bond acceptors (Lipinski definition) is 3. The van der Waals surface area contributed by atoms with Crippen LogP contribution in [0.25, 0.3) is 0 Å². The van der Waals surface area contributed by atoms with Crippen LogP contribution in [0.3, 0.4) is 0 Å².